The third kappa shape index (κ3) is 5.47. The van der Waals surface area contributed by atoms with E-state index in [0.29, 0.717) is 19.6 Å². The van der Waals surface area contributed by atoms with Gasteiger partial charge in [0.25, 0.3) is 0 Å². The quantitative estimate of drug-likeness (QED) is 0.384. The molecule has 28 heavy (non-hydrogen) atoms. The molecule has 0 N–H and O–H groups in total. The van der Waals surface area contributed by atoms with Crippen LogP contribution in [0.1, 0.15) is 12.8 Å². The van der Waals surface area contributed by atoms with Crippen LogP contribution < -0.4 is 9.54 Å². The zero-order valence-electron chi connectivity index (χ0n) is 16.1. The summed E-state index contributed by atoms with van der Waals surface area (Å²) in [5.41, 5.74) is 1.09. The molecule has 0 aliphatic carbocycles. The van der Waals surface area contributed by atoms with Gasteiger partial charge in [-0.25, -0.2) is 0 Å². The maximum absolute atomic E-state index is 12.4. The molecule has 3 aromatic rings. The van der Waals surface area contributed by atoms with Crippen molar-refractivity contribution in [3.63, 3.8) is 0 Å². The lowest BCUT2D eigenvalue weighted by molar-refractivity contribution is -0.118. The molecule has 0 saturated heterocycles. The highest BCUT2D eigenvalue weighted by atomic mass is 32.2. The predicted molar refractivity (Wildman–Crippen MR) is 115 cm³/mol. The third-order valence-electron chi connectivity index (χ3n) is 4.19. The van der Waals surface area contributed by atoms with Crippen LogP contribution in [0.4, 0.5) is 0 Å². The molecular formula is C21H24N2O3S2. The number of hydrogen-bond acceptors (Lipinski definition) is 5. The van der Waals surface area contributed by atoms with Crippen LogP contribution in [0.25, 0.3) is 10.2 Å². The number of fused-ring (bicyclic) bond motifs is 1. The molecule has 1 amide bonds. The van der Waals surface area contributed by atoms with Gasteiger partial charge >= 0.3 is 0 Å². The largest absolute Gasteiger partial charge is 0.497 e. The summed E-state index contributed by atoms with van der Waals surface area (Å²) in [5.74, 6) is 1.65. The van der Waals surface area contributed by atoms with E-state index in [1.165, 1.54) is 4.90 Å². The number of thiazole rings is 1. The van der Waals surface area contributed by atoms with Crippen LogP contribution in [0.15, 0.2) is 58.4 Å². The summed E-state index contributed by atoms with van der Waals surface area (Å²) in [6.07, 6.45) is 1.24. The first-order valence-corrected chi connectivity index (χ1v) is 10.9. The average Bonchev–Trinajstić information content (AvgIpc) is 3.07. The molecule has 0 bridgehead atoms. The number of aromatic nitrogens is 1. The minimum Gasteiger partial charge on any atom is -0.497 e. The van der Waals surface area contributed by atoms with Gasteiger partial charge in [-0.05, 0) is 48.6 Å². The number of hydrogen-bond donors (Lipinski definition) is 0. The minimum atomic E-state index is -0.0759. The van der Waals surface area contributed by atoms with Crippen molar-refractivity contribution in [3.05, 3.63) is 53.3 Å². The van der Waals surface area contributed by atoms with Crippen LogP contribution in [0, 0.1) is 0 Å². The maximum Gasteiger partial charge on any atom is 0.248 e. The van der Waals surface area contributed by atoms with E-state index in [4.69, 9.17) is 9.47 Å². The Balaban J connectivity index is 1.60. The van der Waals surface area contributed by atoms with Crippen molar-refractivity contribution >= 4 is 39.2 Å². The van der Waals surface area contributed by atoms with Crippen molar-refractivity contribution in [1.29, 1.82) is 0 Å². The average molecular weight is 417 g/mol. The highest BCUT2D eigenvalue weighted by molar-refractivity contribution is 7.99. The summed E-state index contributed by atoms with van der Waals surface area (Å²) in [5, 5.41) is 0. The van der Waals surface area contributed by atoms with Crippen molar-refractivity contribution in [1.82, 2.24) is 4.57 Å². The number of para-hydroxylation sites is 1. The molecule has 1 heterocycles. The topological polar surface area (TPSA) is 52.8 Å². The Morgan fingerprint density at radius 3 is 2.68 bits per heavy atom. The van der Waals surface area contributed by atoms with Gasteiger partial charge in [0, 0.05) is 25.0 Å². The number of carbonyl (C=O) groups excluding carboxylic acids is 1. The molecule has 0 spiro atoms. The molecule has 148 valence electrons. The van der Waals surface area contributed by atoms with Gasteiger partial charge in [0.15, 0.2) is 4.80 Å². The third-order valence-corrected chi connectivity index (χ3v) is 6.35. The van der Waals surface area contributed by atoms with Gasteiger partial charge in [0.1, 0.15) is 5.75 Å². The van der Waals surface area contributed by atoms with E-state index in [1.807, 2.05) is 36.4 Å². The molecule has 0 aliphatic heterocycles. The van der Waals surface area contributed by atoms with Gasteiger partial charge in [-0.2, -0.15) is 4.99 Å². The van der Waals surface area contributed by atoms with E-state index >= 15 is 0 Å². The molecule has 1 aromatic heterocycles. The van der Waals surface area contributed by atoms with E-state index in [-0.39, 0.29) is 5.91 Å². The van der Waals surface area contributed by atoms with Crippen molar-refractivity contribution in [2.24, 2.45) is 4.99 Å². The number of methoxy groups -OCH3 is 2. The fourth-order valence-electron chi connectivity index (χ4n) is 2.75. The monoisotopic (exact) mass is 416 g/mol. The zero-order chi connectivity index (χ0) is 19.8. The summed E-state index contributed by atoms with van der Waals surface area (Å²) >= 11 is 3.28. The van der Waals surface area contributed by atoms with E-state index in [1.54, 1.807) is 37.3 Å². The van der Waals surface area contributed by atoms with Crippen LogP contribution in [0.2, 0.25) is 0 Å². The molecule has 7 heteroatoms. The number of carbonyl (C=O) groups is 1. The van der Waals surface area contributed by atoms with Crippen LogP contribution in [-0.4, -0.2) is 37.1 Å². The fraction of sp³-hybridized carbons (Fsp3) is 0.333. The van der Waals surface area contributed by atoms with Crippen molar-refractivity contribution in [3.8, 4) is 5.75 Å². The van der Waals surface area contributed by atoms with Gasteiger partial charge in [-0.1, -0.05) is 23.5 Å². The predicted octanol–water partition coefficient (Wildman–Crippen LogP) is 4.36. The summed E-state index contributed by atoms with van der Waals surface area (Å²) in [4.78, 5) is 18.7. The SMILES string of the molecule is COCCn1c(=NC(=O)CCCSc2ccc(OC)cc2)sc2ccccc21. The molecule has 0 atom stereocenters. The lowest BCUT2D eigenvalue weighted by Gasteiger charge is -2.04. The lowest BCUT2D eigenvalue weighted by atomic mass is 10.3. The summed E-state index contributed by atoms with van der Waals surface area (Å²) in [6.45, 7) is 1.26. The Bertz CT molecular complexity index is 977. The molecule has 0 aliphatic rings. The molecular weight excluding hydrogens is 392 g/mol. The number of rotatable bonds is 9. The Kier molecular flexibility index (Phi) is 7.71. The molecule has 5 nitrogen and oxygen atoms in total. The van der Waals surface area contributed by atoms with Crippen LogP contribution in [0.5, 0.6) is 5.75 Å². The summed E-state index contributed by atoms with van der Waals surface area (Å²) in [6, 6.07) is 16.1. The summed E-state index contributed by atoms with van der Waals surface area (Å²) < 4.78 is 13.6. The fourth-order valence-corrected chi connectivity index (χ4v) is 4.68. The van der Waals surface area contributed by atoms with Crippen LogP contribution >= 0.6 is 23.1 Å². The van der Waals surface area contributed by atoms with Gasteiger partial charge in [-0.3, -0.25) is 4.79 Å². The first-order valence-electron chi connectivity index (χ1n) is 9.13. The van der Waals surface area contributed by atoms with E-state index in [0.717, 1.165) is 32.9 Å². The van der Waals surface area contributed by atoms with Crippen molar-refractivity contribution < 1.29 is 14.3 Å². The molecule has 2 aromatic carbocycles. The second kappa shape index (κ2) is 10.5. The highest BCUT2D eigenvalue weighted by Crippen LogP contribution is 2.22. The van der Waals surface area contributed by atoms with E-state index in [2.05, 4.69) is 21.7 Å². The van der Waals surface area contributed by atoms with Gasteiger partial charge in [0.05, 0.1) is 23.9 Å². The highest BCUT2D eigenvalue weighted by Gasteiger charge is 2.07. The number of thioether (sulfide) groups is 1. The molecule has 0 saturated carbocycles. The Morgan fingerprint density at radius 2 is 1.93 bits per heavy atom. The van der Waals surface area contributed by atoms with Crippen molar-refractivity contribution in [2.45, 2.75) is 24.3 Å². The molecule has 0 unspecified atom stereocenters. The lowest BCUT2D eigenvalue weighted by Crippen LogP contribution is -2.19. The molecule has 0 fully saturated rings. The maximum atomic E-state index is 12.4. The van der Waals surface area contributed by atoms with E-state index < -0.39 is 0 Å². The number of ether oxygens (including phenoxy) is 2. The van der Waals surface area contributed by atoms with Gasteiger partial charge in [0.2, 0.25) is 5.91 Å². The molecule has 0 radical (unpaired) electrons. The van der Waals surface area contributed by atoms with Gasteiger partial charge < -0.3 is 14.0 Å². The van der Waals surface area contributed by atoms with Crippen LogP contribution in [-0.2, 0) is 16.1 Å². The first kappa shape index (κ1) is 20.6. The molecule has 3 rings (SSSR count). The summed E-state index contributed by atoms with van der Waals surface area (Å²) in [7, 11) is 3.34. The van der Waals surface area contributed by atoms with Gasteiger partial charge in [-0.15, -0.1) is 11.8 Å². The first-order chi connectivity index (χ1) is 13.7. The normalized spacial score (nSPS) is 11.9. The minimum absolute atomic E-state index is 0.0759. The Morgan fingerprint density at radius 1 is 1.14 bits per heavy atom. The second-order valence-corrected chi connectivity index (χ2v) is 8.31. The van der Waals surface area contributed by atoms with Crippen molar-refractivity contribution in [2.75, 3.05) is 26.6 Å². The standard InChI is InChI=1S/C21H24N2O3S2/c1-25-14-13-23-18-6-3-4-7-19(18)28-21(23)22-20(24)8-5-15-27-17-11-9-16(26-2)10-12-17/h3-4,6-7,9-12H,5,8,13-15H2,1-2H3. The van der Waals surface area contributed by atoms with Crippen LogP contribution in [0.3, 0.4) is 0 Å². The zero-order valence-corrected chi connectivity index (χ0v) is 17.7. The second-order valence-electron chi connectivity index (χ2n) is 6.13. The Hall–Kier alpha value is -2.09. The van der Waals surface area contributed by atoms with E-state index in [9.17, 15) is 4.79 Å². The smallest absolute Gasteiger partial charge is 0.248 e. The Labute approximate surface area is 173 Å². The number of benzene rings is 2. The number of nitrogens with zero attached hydrogens (tertiary/aromatic N) is 2. The number of amides is 1.